The fourth-order valence-corrected chi connectivity index (χ4v) is 4.61. The van der Waals surface area contributed by atoms with E-state index in [2.05, 4.69) is 36.2 Å². The lowest BCUT2D eigenvalue weighted by molar-refractivity contribution is 0.547. The Bertz CT molecular complexity index is 458. The van der Waals surface area contributed by atoms with E-state index in [0.29, 0.717) is 0 Å². The van der Waals surface area contributed by atoms with Crippen molar-refractivity contribution in [2.24, 2.45) is 0 Å². The van der Waals surface area contributed by atoms with Crippen molar-refractivity contribution in [1.29, 1.82) is 0 Å². The summed E-state index contributed by atoms with van der Waals surface area (Å²) in [7, 11) is 0. The third-order valence-electron chi connectivity index (χ3n) is 6.79. The number of hydrogen-bond donors (Lipinski definition) is 0. The second-order valence-electron chi connectivity index (χ2n) is 10.0. The number of unbranched alkanes of at least 4 members (excludes halogenated alkanes) is 20. The molecular weight excluding hydrogens is 388 g/mol. The SMILES string of the molecule is CCCCCCCCCCCCCc1cc(CCCCCCCCCCCCC)n[c]n1. The molecule has 185 valence electrons. The molecule has 2 nitrogen and oxygen atoms in total. The smallest absolute Gasteiger partial charge is 0.198 e. The summed E-state index contributed by atoms with van der Waals surface area (Å²) in [6.07, 6.45) is 35.8. The van der Waals surface area contributed by atoms with Gasteiger partial charge in [0.2, 0.25) is 0 Å². The molecule has 0 spiro atoms. The van der Waals surface area contributed by atoms with Crippen LogP contribution < -0.4 is 0 Å². The maximum absolute atomic E-state index is 4.39. The summed E-state index contributed by atoms with van der Waals surface area (Å²) in [5.41, 5.74) is 2.41. The number of hydrogen-bond acceptors (Lipinski definition) is 2. The van der Waals surface area contributed by atoms with E-state index in [9.17, 15) is 0 Å². The highest BCUT2D eigenvalue weighted by Crippen LogP contribution is 2.14. The van der Waals surface area contributed by atoms with Crippen molar-refractivity contribution in [2.75, 3.05) is 0 Å². The Labute approximate surface area is 201 Å². The van der Waals surface area contributed by atoms with Crippen molar-refractivity contribution >= 4 is 0 Å². The molecule has 0 aliphatic rings. The van der Waals surface area contributed by atoms with Crippen molar-refractivity contribution in [3.63, 3.8) is 0 Å². The summed E-state index contributed by atoms with van der Waals surface area (Å²) in [5.74, 6) is 0. The van der Waals surface area contributed by atoms with Gasteiger partial charge in [-0.25, -0.2) is 9.97 Å². The van der Waals surface area contributed by atoms with Crippen LogP contribution in [0.3, 0.4) is 0 Å². The van der Waals surface area contributed by atoms with Crippen LogP contribution in [0, 0.1) is 6.33 Å². The lowest BCUT2D eigenvalue weighted by atomic mass is 10.0. The minimum atomic E-state index is 1.10. The molecule has 32 heavy (non-hydrogen) atoms. The van der Waals surface area contributed by atoms with Crippen LogP contribution in [0.25, 0.3) is 0 Å². The normalized spacial score (nSPS) is 11.3. The summed E-state index contributed by atoms with van der Waals surface area (Å²) in [6, 6.07) is 2.24. The number of nitrogens with zero attached hydrogens (tertiary/aromatic N) is 2. The van der Waals surface area contributed by atoms with Crippen molar-refractivity contribution in [1.82, 2.24) is 9.97 Å². The Morgan fingerprint density at radius 2 is 0.719 bits per heavy atom. The van der Waals surface area contributed by atoms with Gasteiger partial charge in [-0.05, 0) is 31.7 Å². The minimum Gasteiger partial charge on any atom is -0.230 e. The zero-order valence-electron chi connectivity index (χ0n) is 21.9. The van der Waals surface area contributed by atoms with Gasteiger partial charge < -0.3 is 0 Å². The van der Waals surface area contributed by atoms with Crippen LogP contribution in [0.2, 0.25) is 0 Å². The topological polar surface area (TPSA) is 25.8 Å². The summed E-state index contributed by atoms with van der Waals surface area (Å²) >= 11 is 0. The van der Waals surface area contributed by atoms with Gasteiger partial charge >= 0.3 is 0 Å². The van der Waals surface area contributed by atoms with Gasteiger partial charge in [0.1, 0.15) is 0 Å². The predicted octanol–water partition coefficient (Wildman–Crippen LogP) is 9.98. The fraction of sp³-hybridized carbons (Fsp3) is 0.867. The second kappa shape index (κ2) is 23.2. The van der Waals surface area contributed by atoms with E-state index in [-0.39, 0.29) is 0 Å². The molecule has 0 atom stereocenters. The van der Waals surface area contributed by atoms with E-state index in [0.717, 1.165) is 12.8 Å². The van der Waals surface area contributed by atoms with Gasteiger partial charge in [-0.2, -0.15) is 0 Å². The van der Waals surface area contributed by atoms with Gasteiger partial charge in [0, 0.05) is 11.4 Å². The van der Waals surface area contributed by atoms with Crippen molar-refractivity contribution in [3.8, 4) is 0 Å². The second-order valence-corrected chi connectivity index (χ2v) is 10.0. The molecule has 0 unspecified atom stereocenters. The Kier molecular flexibility index (Phi) is 21.1. The lowest BCUT2D eigenvalue weighted by Crippen LogP contribution is -1.97. The molecule has 0 aliphatic heterocycles. The largest absolute Gasteiger partial charge is 0.230 e. The molecule has 1 aromatic rings. The van der Waals surface area contributed by atoms with E-state index in [1.165, 1.54) is 153 Å². The quantitative estimate of drug-likeness (QED) is 0.148. The molecule has 2 heteroatoms. The molecule has 1 radical (unpaired) electrons. The fourth-order valence-electron chi connectivity index (χ4n) is 4.61. The van der Waals surface area contributed by atoms with E-state index in [4.69, 9.17) is 0 Å². The zero-order chi connectivity index (χ0) is 23.0. The Morgan fingerprint density at radius 1 is 0.438 bits per heavy atom. The Hall–Kier alpha value is -0.920. The highest BCUT2D eigenvalue weighted by molar-refractivity contribution is 5.08. The van der Waals surface area contributed by atoms with Crippen LogP contribution >= 0.6 is 0 Å². The molecule has 1 rings (SSSR count). The van der Waals surface area contributed by atoms with Crippen molar-refractivity contribution < 1.29 is 0 Å². The summed E-state index contributed by atoms with van der Waals surface area (Å²) in [5, 5.41) is 0. The van der Waals surface area contributed by atoms with Crippen molar-refractivity contribution in [2.45, 2.75) is 168 Å². The van der Waals surface area contributed by atoms with Gasteiger partial charge in [0.15, 0.2) is 6.33 Å². The standard InChI is InChI=1S/C30H55N2/c1-3-5-7-9-11-13-15-17-19-21-23-25-29-27-30(32-28-31-29)26-24-22-20-18-16-14-12-10-8-6-4-2/h27H,3-26H2,1-2H3. The molecule has 0 N–H and O–H groups in total. The molecule has 1 aromatic heterocycles. The van der Waals surface area contributed by atoms with E-state index < -0.39 is 0 Å². The van der Waals surface area contributed by atoms with Crippen LogP contribution in [0.15, 0.2) is 6.07 Å². The number of aryl methyl sites for hydroxylation is 2. The number of aromatic nitrogens is 2. The maximum Gasteiger partial charge on any atom is 0.198 e. The maximum atomic E-state index is 4.39. The van der Waals surface area contributed by atoms with Crippen LogP contribution in [-0.4, -0.2) is 9.97 Å². The average molecular weight is 444 g/mol. The molecule has 1 heterocycles. The summed E-state index contributed by atoms with van der Waals surface area (Å²) < 4.78 is 0. The van der Waals surface area contributed by atoms with Crippen LogP contribution in [-0.2, 0) is 12.8 Å². The molecule has 0 fully saturated rings. The molecule has 0 aromatic carbocycles. The molecule has 0 saturated heterocycles. The van der Waals surface area contributed by atoms with Crippen LogP contribution in [0.5, 0.6) is 0 Å². The molecular formula is C30H55N2. The third-order valence-corrected chi connectivity index (χ3v) is 6.79. The summed E-state index contributed by atoms with van der Waals surface area (Å²) in [4.78, 5) is 8.78. The molecule has 0 aliphatic carbocycles. The molecule has 0 saturated carbocycles. The van der Waals surface area contributed by atoms with Crippen LogP contribution in [0.1, 0.15) is 166 Å². The zero-order valence-corrected chi connectivity index (χ0v) is 21.9. The summed E-state index contributed by atoms with van der Waals surface area (Å²) in [6.45, 7) is 4.58. The molecule has 0 bridgehead atoms. The highest BCUT2D eigenvalue weighted by atomic mass is 14.8. The van der Waals surface area contributed by atoms with Gasteiger partial charge in [-0.15, -0.1) is 0 Å². The van der Waals surface area contributed by atoms with Gasteiger partial charge in [-0.1, -0.05) is 142 Å². The highest BCUT2D eigenvalue weighted by Gasteiger charge is 2.01. The Balaban J connectivity index is 1.94. The minimum absolute atomic E-state index is 1.10. The van der Waals surface area contributed by atoms with Crippen molar-refractivity contribution in [3.05, 3.63) is 23.8 Å². The molecule has 0 amide bonds. The van der Waals surface area contributed by atoms with E-state index in [1.807, 2.05) is 0 Å². The van der Waals surface area contributed by atoms with Gasteiger partial charge in [0.25, 0.3) is 0 Å². The van der Waals surface area contributed by atoms with E-state index >= 15 is 0 Å². The first-order chi connectivity index (χ1) is 15.9. The monoisotopic (exact) mass is 443 g/mol. The predicted molar refractivity (Wildman–Crippen MR) is 141 cm³/mol. The number of rotatable bonds is 24. The average Bonchev–Trinajstić information content (AvgIpc) is 2.81. The van der Waals surface area contributed by atoms with Crippen LogP contribution in [0.4, 0.5) is 0 Å². The van der Waals surface area contributed by atoms with E-state index in [1.54, 1.807) is 0 Å². The first-order valence-electron chi connectivity index (χ1n) is 14.6. The Morgan fingerprint density at radius 3 is 1.03 bits per heavy atom. The lowest BCUT2D eigenvalue weighted by Gasteiger charge is -2.05. The first kappa shape index (κ1) is 29.1. The first-order valence-corrected chi connectivity index (χ1v) is 14.6. The third kappa shape index (κ3) is 18.6. The van der Waals surface area contributed by atoms with Gasteiger partial charge in [0.05, 0.1) is 0 Å². The van der Waals surface area contributed by atoms with Gasteiger partial charge in [-0.3, -0.25) is 0 Å².